The van der Waals surface area contributed by atoms with Crippen LogP contribution < -0.4 is 39.1 Å². The van der Waals surface area contributed by atoms with Gasteiger partial charge >= 0.3 is 0 Å². The molecule has 0 radical (unpaired) electrons. The maximum absolute atomic E-state index is 6.63. The zero-order valence-corrected chi connectivity index (χ0v) is 13.8. The molecule has 3 aliphatic heterocycles. The van der Waals surface area contributed by atoms with Crippen LogP contribution >= 0.6 is 0 Å². The number of nitrogens with two attached hydrogens (primary N) is 2. The van der Waals surface area contributed by atoms with Gasteiger partial charge in [-0.05, 0) is 25.7 Å². The first-order chi connectivity index (χ1) is 10.6. The minimum Gasteiger partial charge on any atom is -0.324 e. The topological polar surface area (TPSA) is 112 Å². The summed E-state index contributed by atoms with van der Waals surface area (Å²) in [5.74, 6) is 6.48. The third kappa shape index (κ3) is 6.43. The van der Waals surface area contributed by atoms with Gasteiger partial charge < -0.3 is 5.73 Å². The summed E-state index contributed by atoms with van der Waals surface area (Å²) in [5.41, 5.74) is 21.6. The van der Waals surface area contributed by atoms with Crippen LogP contribution in [-0.4, -0.2) is 29.9 Å². The molecule has 9 N–H and O–H groups in total. The van der Waals surface area contributed by atoms with Gasteiger partial charge in [-0.1, -0.05) is 31.2 Å². The Balaban J connectivity index is 2.03. The first-order valence-corrected chi connectivity index (χ1v) is 8.82. The van der Waals surface area contributed by atoms with Gasteiger partial charge in [-0.15, -0.1) is 5.53 Å². The lowest BCUT2D eigenvalue weighted by Gasteiger charge is -2.34. The van der Waals surface area contributed by atoms with Crippen molar-refractivity contribution >= 4 is 0 Å². The maximum Gasteiger partial charge on any atom is 0.116 e. The summed E-state index contributed by atoms with van der Waals surface area (Å²) in [7, 11) is 0. The average molecular weight is 315 g/mol. The molecular weight excluding hydrogens is 280 g/mol. The summed E-state index contributed by atoms with van der Waals surface area (Å²) in [6.07, 6.45) is 11.7. The van der Waals surface area contributed by atoms with Crippen molar-refractivity contribution in [2.24, 2.45) is 11.6 Å². The summed E-state index contributed by atoms with van der Waals surface area (Å²) in [5, 5.41) is 0. The van der Waals surface area contributed by atoms with Crippen molar-refractivity contribution in [2.75, 3.05) is 19.6 Å². The van der Waals surface area contributed by atoms with E-state index in [1.807, 2.05) is 0 Å². The van der Waals surface area contributed by atoms with Crippen molar-refractivity contribution in [3.8, 4) is 0 Å². The van der Waals surface area contributed by atoms with Gasteiger partial charge in [0.2, 0.25) is 0 Å². The minimum atomic E-state index is -0.121. The van der Waals surface area contributed by atoms with Crippen LogP contribution in [-0.2, 0) is 0 Å². The molecule has 8 nitrogen and oxygen atoms in total. The highest BCUT2D eigenvalue weighted by Gasteiger charge is 2.26. The van der Waals surface area contributed by atoms with E-state index in [9.17, 15) is 0 Å². The quantitative estimate of drug-likeness (QED) is 0.245. The van der Waals surface area contributed by atoms with E-state index >= 15 is 0 Å². The molecule has 2 bridgehead atoms. The highest BCUT2D eigenvalue weighted by atomic mass is 16.0. The fourth-order valence-corrected chi connectivity index (χ4v) is 3.41. The van der Waals surface area contributed by atoms with Gasteiger partial charge in [0.15, 0.2) is 0 Å². The van der Waals surface area contributed by atoms with Gasteiger partial charge in [-0.25, -0.2) is 5.43 Å². The van der Waals surface area contributed by atoms with E-state index in [1.54, 1.807) is 0 Å². The summed E-state index contributed by atoms with van der Waals surface area (Å²) < 4.78 is 0.357. The number of hydrazine groups is 4. The molecule has 3 fully saturated rings. The monoisotopic (exact) mass is 315 g/mol. The van der Waals surface area contributed by atoms with Crippen LogP contribution in [0.5, 0.6) is 0 Å². The van der Waals surface area contributed by atoms with E-state index in [2.05, 4.69) is 27.6 Å². The summed E-state index contributed by atoms with van der Waals surface area (Å²) in [4.78, 5) is 0. The number of fused-ring (bicyclic) bond motifs is 15. The highest BCUT2D eigenvalue weighted by molar-refractivity contribution is 4.85. The fourth-order valence-electron chi connectivity index (χ4n) is 3.41. The molecule has 130 valence electrons. The molecule has 0 aromatic carbocycles. The lowest BCUT2D eigenvalue weighted by molar-refractivity contribution is -0.987. The van der Waals surface area contributed by atoms with Crippen LogP contribution in [0, 0.1) is 0 Å². The van der Waals surface area contributed by atoms with Gasteiger partial charge in [0, 0.05) is 24.9 Å². The van der Waals surface area contributed by atoms with Crippen LogP contribution in [0.25, 0.3) is 0 Å². The second-order valence-corrected chi connectivity index (χ2v) is 7.01. The molecule has 3 aliphatic rings. The molecule has 0 spiro atoms. The van der Waals surface area contributed by atoms with Crippen molar-refractivity contribution in [3.63, 3.8) is 0 Å². The van der Waals surface area contributed by atoms with Crippen molar-refractivity contribution in [1.29, 1.82) is 0 Å². The smallest absolute Gasteiger partial charge is 0.116 e. The molecule has 0 aliphatic carbocycles. The Hall–Kier alpha value is -0.320. The van der Waals surface area contributed by atoms with Crippen LogP contribution in [0.15, 0.2) is 0 Å². The fraction of sp³-hybridized carbons (Fsp3) is 1.00. The summed E-state index contributed by atoms with van der Waals surface area (Å²) in [6.45, 7) is 2.61. The molecule has 8 heteroatoms. The van der Waals surface area contributed by atoms with Gasteiger partial charge in [-0.3, -0.25) is 0 Å². The van der Waals surface area contributed by atoms with Crippen LogP contribution in [0.2, 0.25) is 0 Å². The standard InChI is InChI=1S/C14H35N8/c15-14-9-5-1-3-7-11-22(16,12-8-4-2-6-10-14)21-20-19-18-17-13-14/h17-21H,1-13,15-16H2/q+1. The molecule has 3 rings (SSSR count). The van der Waals surface area contributed by atoms with Crippen LogP contribution in [0.1, 0.15) is 64.2 Å². The summed E-state index contributed by atoms with van der Waals surface area (Å²) in [6, 6.07) is 0. The molecule has 3 heterocycles. The van der Waals surface area contributed by atoms with Gasteiger partial charge in [0.25, 0.3) is 0 Å². The Morgan fingerprint density at radius 1 is 0.727 bits per heavy atom. The first-order valence-electron chi connectivity index (χ1n) is 8.82. The Bertz CT molecular complexity index is 238. The largest absolute Gasteiger partial charge is 0.324 e. The second-order valence-electron chi connectivity index (χ2n) is 7.01. The zero-order chi connectivity index (χ0) is 15.7. The second kappa shape index (κ2) is 9.09. The molecule has 0 aromatic heterocycles. The molecule has 22 heavy (non-hydrogen) atoms. The zero-order valence-electron chi connectivity index (χ0n) is 13.8. The molecule has 0 saturated carbocycles. The number of nitrogens with one attached hydrogen (secondary N) is 5. The number of nitrogens with zero attached hydrogens (tertiary/aromatic N) is 1. The number of hydrogen-bond donors (Lipinski definition) is 7. The van der Waals surface area contributed by atoms with E-state index in [-0.39, 0.29) is 5.54 Å². The third-order valence-corrected chi connectivity index (χ3v) is 4.90. The highest BCUT2D eigenvalue weighted by Crippen LogP contribution is 2.21. The van der Waals surface area contributed by atoms with E-state index in [1.165, 1.54) is 38.5 Å². The Kier molecular flexibility index (Phi) is 7.45. The Morgan fingerprint density at radius 3 is 1.95 bits per heavy atom. The predicted octanol–water partition coefficient (Wildman–Crippen LogP) is -0.174. The minimum absolute atomic E-state index is 0.121. The third-order valence-electron chi connectivity index (χ3n) is 4.90. The maximum atomic E-state index is 6.63. The normalized spacial score (nSPS) is 37.4. The number of quaternary nitrogens is 1. The van der Waals surface area contributed by atoms with Crippen molar-refractivity contribution in [2.45, 2.75) is 69.7 Å². The van der Waals surface area contributed by atoms with E-state index in [4.69, 9.17) is 11.6 Å². The lowest BCUT2D eigenvalue weighted by atomic mass is 9.87. The summed E-state index contributed by atoms with van der Waals surface area (Å²) >= 11 is 0. The van der Waals surface area contributed by atoms with Gasteiger partial charge in [0.1, 0.15) is 13.1 Å². The molecule has 0 aromatic rings. The molecule has 0 unspecified atom stereocenters. The van der Waals surface area contributed by atoms with Crippen molar-refractivity contribution < 1.29 is 4.70 Å². The van der Waals surface area contributed by atoms with Crippen molar-refractivity contribution in [3.05, 3.63) is 0 Å². The van der Waals surface area contributed by atoms with Crippen LogP contribution in [0.4, 0.5) is 0 Å². The van der Waals surface area contributed by atoms with Crippen molar-refractivity contribution in [1.82, 2.24) is 27.6 Å². The first kappa shape index (κ1) is 18.0. The molecule has 0 amide bonds. The average Bonchev–Trinajstić information content (AvgIpc) is 2.49. The van der Waals surface area contributed by atoms with Gasteiger partial charge in [-0.2, -0.15) is 21.6 Å². The predicted molar refractivity (Wildman–Crippen MR) is 87.8 cm³/mol. The molecular formula is C14H35N8+. The number of rotatable bonds is 0. The van der Waals surface area contributed by atoms with E-state index < -0.39 is 0 Å². The Labute approximate surface area is 134 Å². The molecule has 3 saturated heterocycles. The molecule has 0 atom stereocenters. The van der Waals surface area contributed by atoms with E-state index in [0.29, 0.717) is 4.70 Å². The van der Waals surface area contributed by atoms with Gasteiger partial charge in [0.05, 0.1) is 0 Å². The van der Waals surface area contributed by atoms with E-state index in [0.717, 1.165) is 45.3 Å². The number of hydrogen-bond acceptors (Lipinski definition) is 7. The lowest BCUT2D eigenvalue weighted by Crippen LogP contribution is -2.72. The van der Waals surface area contributed by atoms with Crippen LogP contribution in [0.3, 0.4) is 0 Å². The Morgan fingerprint density at radius 2 is 1.32 bits per heavy atom. The SMILES string of the molecule is NC12CCCCCC[N+](N)(CCCCCC1)NNNNNC2.